The minimum Gasteiger partial charge on any atom is -0.475 e. The molecule has 2 aliphatic rings. The molecule has 0 radical (unpaired) electrons. The van der Waals surface area contributed by atoms with E-state index in [0.29, 0.717) is 16.1 Å². The van der Waals surface area contributed by atoms with Crippen LogP contribution in [-0.2, 0) is 22.4 Å². The number of aromatic amines is 1. The molecule has 29 heavy (non-hydrogen) atoms. The lowest BCUT2D eigenvalue weighted by molar-refractivity contribution is -0.143. The predicted molar refractivity (Wildman–Crippen MR) is 113 cm³/mol. The van der Waals surface area contributed by atoms with Crippen molar-refractivity contribution in [1.82, 2.24) is 9.97 Å². The number of nitrogens with two attached hydrogens (primary N) is 1. The van der Waals surface area contributed by atoms with Crippen LogP contribution in [-0.4, -0.2) is 40.2 Å². The van der Waals surface area contributed by atoms with Crippen molar-refractivity contribution in [3.05, 3.63) is 26.6 Å². The molecular weight excluding hydrogens is 418 g/mol. The number of hydrogen-bond donors (Lipinski definition) is 3. The molecule has 2 aromatic heterocycles. The summed E-state index contributed by atoms with van der Waals surface area (Å²) < 4.78 is 4.60. The van der Waals surface area contributed by atoms with Gasteiger partial charge < -0.3 is 20.6 Å². The van der Waals surface area contributed by atoms with Gasteiger partial charge in [0.05, 0.1) is 12.5 Å². The lowest BCUT2D eigenvalue weighted by atomic mass is 9.84. The van der Waals surface area contributed by atoms with Crippen molar-refractivity contribution in [2.75, 3.05) is 7.11 Å². The van der Waals surface area contributed by atoms with Crippen LogP contribution < -0.4 is 11.3 Å². The second kappa shape index (κ2) is 10.2. The molecule has 0 aromatic carbocycles. The topological polar surface area (TPSA) is 135 Å². The summed E-state index contributed by atoms with van der Waals surface area (Å²) in [5.74, 6) is -1.39. The van der Waals surface area contributed by atoms with Crippen LogP contribution in [0.5, 0.6) is 0 Å². The van der Waals surface area contributed by atoms with E-state index in [-0.39, 0.29) is 29.8 Å². The zero-order chi connectivity index (χ0) is 20.3. The highest BCUT2D eigenvalue weighted by atomic mass is 35.5. The Hall–Kier alpha value is -1.97. The van der Waals surface area contributed by atoms with Crippen LogP contribution in [0.25, 0.3) is 10.2 Å². The molecule has 0 aliphatic heterocycles. The normalized spacial score (nSPS) is 16.9. The van der Waals surface area contributed by atoms with E-state index in [4.69, 9.17) is 10.8 Å². The van der Waals surface area contributed by atoms with Gasteiger partial charge in [0.15, 0.2) is 0 Å². The first-order chi connectivity index (χ1) is 13.4. The standard InChI is InChI=1S/C10H8N2O3S.C9H17NO2.ClH/c13-8-6-4-2-1-3-5(4)16-9(6)12-7(11-8)10(14)15;1-12-9(11)8(10)7-5-3-2-4-6-7;/h1-3H2,(H,14,15)(H,11,12,13);7-8H,2-6,10H2,1H3;1H. The number of carbonyl (C=O) groups excluding carboxylic acids is 1. The Labute approximate surface area is 178 Å². The first kappa shape index (κ1) is 23.3. The van der Waals surface area contributed by atoms with Gasteiger partial charge in [0.1, 0.15) is 10.9 Å². The molecule has 1 fully saturated rings. The fourth-order valence-electron chi connectivity index (χ4n) is 3.93. The molecule has 1 unspecified atom stereocenters. The Morgan fingerprint density at radius 2 is 1.93 bits per heavy atom. The van der Waals surface area contributed by atoms with E-state index in [1.165, 1.54) is 42.6 Å². The quantitative estimate of drug-likeness (QED) is 0.620. The summed E-state index contributed by atoms with van der Waals surface area (Å²) in [6, 6.07) is -0.393. The fourth-order valence-corrected chi connectivity index (χ4v) is 5.19. The highest BCUT2D eigenvalue weighted by Gasteiger charge is 2.26. The Bertz CT molecular complexity index is 936. The summed E-state index contributed by atoms with van der Waals surface area (Å²) in [5, 5.41) is 9.37. The van der Waals surface area contributed by atoms with E-state index in [0.717, 1.165) is 37.7 Å². The highest BCUT2D eigenvalue weighted by molar-refractivity contribution is 7.18. The molecule has 0 spiro atoms. The van der Waals surface area contributed by atoms with E-state index in [2.05, 4.69) is 14.7 Å². The van der Waals surface area contributed by atoms with E-state index in [1.54, 1.807) is 0 Å². The molecule has 0 bridgehead atoms. The number of halogens is 1. The number of H-pyrrole nitrogens is 1. The molecule has 4 rings (SSSR count). The maximum Gasteiger partial charge on any atom is 0.372 e. The number of thiophene rings is 1. The van der Waals surface area contributed by atoms with Gasteiger partial charge in [-0.15, -0.1) is 23.7 Å². The first-order valence-corrected chi connectivity index (χ1v) is 10.3. The van der Waals surface area contributed by atoms with Gasteiger partial charge in [-0.1, -0.05) is 19.3 Å². The molecule has 0 amide bonds. The summed E-state index contributed by atoms with van der Waals surface area (Å²) in [7, 11) is 1.39. The monoisotopic (exact) mass is 443 g/mol. The largest absolute Gasteiger partial charge is 0.475 e. The Balaban J connectivity index is 0.000000209. The van der Waals surface area contributed by atoms with Gasteiger partial charge in [-0.3, -0.25) is 9.59 Å². The van der Waals surface area contributed by atoms with Crippen molar-refractivity contribution in [3.8, 4) is 0 Å². The van der Waals surface area contributed by atoms with Crippen molar-refractivity contribution in [2.45, 2.75) is 57.4 Å². The third-order valence-corrected chi connectivity index (χ3v) is 6.59. The molecule has 10 heteroatoms. The smallest absolute Gasteiger partial charge is 0.372 e. The van der Waals surface area contributed by atoms with Crippen LogP contribution in [0.2, 0.25) is 0 Å². The number of esters is 1. The van der Waals surface area contributed by atoms with E-state index < -0.39 is 12.0 Å². The Kier molecular flexibility index (Phi) is 8.18. The number of nitrogens with zero attached hydrogens (tertiary/aromatic N) is 1. The molecule has 8 nitrogen and oxygen atoms in total. The van der Waals surface area contributed by atoms with E-state index in [1.807, 2.05) is 0 Å². The number of rotatable bonds is 3. The number of fused-ring (bicyclic) bond motifs is 3. The maximum absolute atomic E-state index is 11.8. The molecule has 2 heterocycles. The van der Waals surface area contributed by atoms with Gasteiger partial charge in [-0.2, -0.15) is 0 Å². The van der Waals surface area contributed by atoms with Crippen LogP contribution in [0.1, 0.15) is 59.6 Å². The third kappa shape index (κ3) is 5.15. The number of nitrogens with one attached hydrogen (secondary N) is 1. The van der Waals surface area contributed by atoms with Crippen molar-refractivity contribution in [1.29, 1.82) is 0 Å². The number of aryl methyl sites for hydroxylation is 2. The summed E-state index contributed by atoms with van der Waals surface area (Å²) >= 11 is 1.44. The third-order valence-electron chi connectivity index (χ3n) is 5.41. The number of carboxylic acids is 1. The fraction of sp³-hybridized carbons (Fsp3) is 0.579. The van der Waals surface area contributed by atoms with Gasteiger partial charge in [-0.25, -0.2) is 9.78 Å². The van der Waals surface area contributed by atoms with Gasteiger partial charge in [0, 0.05) is 4.88 Å². The van der Waals surface area contributed by atoms with Crippen LogP contribution in [0.15, 0.2) is 4.79 Å². The summed E-state index contributed by atoms with van der Waals surface area (Å²) in [4.78, 5) is 41.6. The van der Waals surface area contributed by atoms with Crippen molar-refractivity contribution in [3.63, 3.8) is 0 Å². The maximum atomic E-state index is 11.8. The minimum atomic E-state index is -1.20. The van der Waals surface area contributed by atoms with Crippen LogP contribution in [0.3, 0.4) is 0 Å². The van der Waals surface area contributed by atoms with Crippen molar-refractivity contribution in [2.24, 2.45) is 11.7 Å². The lowest BCUT2D eigenvalue weighted by Gasteiger charge is -2.25. The summed E-state index contributed by atoms with van der Waals surface area (Å²) in [5.41, 5.74) is 6.46. The Morgan fingerprint density at radius 3 is 2.55 bits per heavy atom. The molecular formula is C19H26ClN3O5S. The van der Waals surface area contributed by atoms with Gasteiger partial charge in [0.25, 0.3) is 5.56 Å². The summed E-state index contributed by atoms with van der Waals surface area (Å²) in [6.07, 6.45) is 8.78. The van der Waals surface area contributed by atoms with E-state index in [9.17, 15) is 14.4 Å². The van der Waals surface area contributed by atoms with Gasteiger partial charge in [0.2, 0.25) is 5.82 Å². The average molecular weight is 444 g/mol. The van der Waals surface area contributed by atoms with Gasteiger partial charge in [-0.05, 0) is 43.6 Å². The number of hydrogen-bond acceptors (Lipinski definition) is 7. The zero-order valence-corrected chi connectivity index (χ0v) is 17.9. The molecule has 1 atom stereocenters. The van der Waals surface area contributed by atoms with Crippen molar-refractivity contribution >= 4 is 45.9 Å². The van der Waals surface area contributed by atoms with Crippen LogP contribution in [0.4, 0.5) is 0 Å². The zero-order valence-electron chi connectivity index (χ0n) is 16.2. The molecule has 2 aromatic rings. The number of aromatic nitrogens is 2. The number of aromatic carboxylic acids is 1. The number of carbonyl (C=O) groups is 2. The average Bonchev–Trinajstić information content (AvgIpc) is 3.28. The van der Waals surface area contributed by atoms with Crippen LogP contribution in [0, 0.1) is 5.92 Å². The molecule has 0 saturated heterocycles. The number of ether oxygens (including phenoxy) is 1. The van der Waals surface area contributed by atoms with Gasteiger partial charge >= 0.3 is 11.9 Å². The molecule has 2 aliphatic carbocycles. The Morgan fingerprint density at radius 1 is 1.24 bits per heavy atom. The highest BCUT2D eigenvalue weighted by Crippen LogP contribution is 2.34. The molecule has 160 valence electrons. The SMILES string of the molecule is COC(=O)C(N)C1CCCCC1.Cl.O=C(O)c1nc2sc3c(c2c(=O)[nH]1)CCC3. The van der Waals surface area contributed by atoms with E-state index >= 15 is 0 Å². The predicted octanol–water partition coefficient (Wildman–Crippen LogP) is 2.66. The lowest BCUT2D eigenvalue weighted by Crippen LogP contribution is -2.39. The number of carboxylic acid groups (broad SMARTS) is 1. The second-order valence-electron chi connectivity index (χ2n) is 7.20. The summed E-state index contributed by atoms with van der Waals surface area (Å²) in [6.45, 7) is 0. The first-order valence-electron chi connectivity index (χ1n) is 9.53. The molecule has 4 N–H and O–H groups in total. The van der Waals surface area contributed by atoms with Crippen LogP contribution >= 0.6 is 23.7 Å². The second-order valence-corrected chi connectivity index (χ2v) is 8.29. The number of methoxy groups -OCH3 is 1. The minimum absolute atomic E-state index is 0. The van der Waals surface area contributed by atoms with Crippen molar-refractivity contribution < 1.29 is 19.4 Å². The molecule has 1 saturated carbocycles.